The minimum atomic E-state index is -1.12. The van der Waals surface area contributed by atoms with Crippen molar-refractivity contribution in [2.75, 3.05) is 13.2 Å². The van der Waals surface area contributed by atoms with Crippen molar-refractivity contribution in [1.82, 2.24) is 5.32 Å². The second-order valence-corrected chi connectivity index (χ2v) is 5.83. The van der Waals surface area contributed by atoms with Crippen LogP contribution in [-0.4, -0.2) is 60.0 Å². The SMILES string of the molecule is C=CCO[C@@H]1OC(CO)[C@H](O)C(OCc2ccccc2)C1NC(C)=O. The fraction of sp³-hybridized carbons (Fsp3) is 0.500. The molecule has 2 rings (SSSR count). The zero-order chi connectivity index (χ0) is 18.2. The Labute approximate surface area is 147 Å². The highest BCUT2D eigenvalue weighted by Crippen LogP contribution is 2.25. The molecule has 1 amide bonds. The van der Waals surface area contributed by atoms with Crippen LogP contribution in [0.4, 0.5) is 0 Å². The van der Waals surface area contributed by atoms with E-state index < -0.39 is 37.3 Å². The van der Waals surface area contributed by atoms with Gasteiger partial charge < -0.3 is 29.7 Å². The molecule has 3 unspecified atom stereocenters. The average molecular weight is 351 g/mol. The van der Waals surface area contributed by atoms with Crippen molar-refractivity contribution >= 4 is 5.91 Å². The predicted molar refractivity (Wildman–Crippen MR) is 90.5 cm³/mol. The Balaban J connectivity index is 2.17. The average Bonchev–Trinajstić information content (AvgIpc) is 2.61. The molecule has 0 aliphatic carbocycles. The molecule has 138 valence electrons. The Hall–Kier alpha value is -1.77. The first-order valence-electron chi connectivity index (χ1n) is 8.16. The molecule has 25 heavy (non-hydrogen) atoms. The summed E-state index contributed by atoms with van der Waals surface area (Å²) in [5.74, 6) is -0.302. The Kier molecular flexibility index (Phi) is 7.54. The van der Waals surface area contributed by atoms with Gasteiger partial charge in [0.1, 0.15) is 24.4 Å². The zero-order valence-electron chi connectivity index (χ0n) is 14.2. The van der Waals surface area contributed by atoms with Crippen LogP contribution in [0.1, 0.15) is 12.5 Å². The third-order valence-corrected chi connectivity index (χ3v) is 3.89. The number of rotatable bonds is 8. The van der Waals surface area contributed by atoms with E-state index in [1.165, 1.54) is 6.92 Å². The van der Waals surface area contributed by atoms with E-state index in [0.29, 0.717) is 0 Å². The quantitative estimate of drug-likeness (QED) is 0.585. The number of nitrogens with one attached hydrogen (secondary N) is 1. The number of aliphatic hydroxyl groups excluding tert-OH is 2. The van der Waals surface area contributed by atoms with Crippen molar-refractivity contribution < 1.29 is 29.2 Å². The van der Waals surface area contributed by atoms with Crippen molar-refractivity contribution in [2.45, 2.75) is 44.2 Å². The van der Waals surface area contributed by atoms with E-state index in [0.717, 1.165) is 5.56 Å². The number of ether oxygens (including phenoxy) is 3. The van der Waals surface area contributed by atoms with Crippen LogP contribution < -0.4 is 5.32 Å². The molecule has 0 radical (unpaired) electrons. The summed E-state index contributed by atoms with van der Waals surface area (Å²) in [6.45, 7) is 4.99. The lowest BCUT2D eigenvalue weighted by Gasteiger charge is -2.44. The Morgan fingerprint density at radius 3 is 2.68 bits per heavy atom. The molecule has 1 aliphatic heterocycles. The van der Waals surface area contributed by atoms with Gasteiger partial charge in [0, 0.05) is 6.92 Å². The Bertz CT molecular complexity index is 552. The van der Waals surface area contributed by atoms with E-state index in [4.69, 9.17) is 14.2 Å². The fourth-order valence-electron chi connectivity index (χ4n) is 2.73. The highest BCUT2D eigenvalue weighted by atomic mass is 16.7. The summed E-state index contributed by atoms with van der Waals surface area (Å²) in [7, 11) is 0. The maximum atomic E-state index is 11.6. The van der Waals surface area contributed by atoms with Crippen LogP contribution in [-0.2, 0) is 25.6 Å². The molecular weight excluding hydrogens is 326 g/mol. The minimum absolute atomic E-state index is 0.195. The summed E-state index contributed by atoms with van der Waals surface area (Å²) in [6.07, 6.45) is -2.12. The van der Waals surface area contributed by atoms with Gasteiger partial charge in [-0.3, -0.25) is 4.79 Å². The molecule has 7 heteroatoms. The lowest BCUT2D eigenvalue weighted by molar-refractivity contribution is -0.275. The summed E-state index contributed by atoms with van der Waals surface area (Å²) >= 11 is 0. The molecule has 0 spiro atoms. The van der Waals surface area contributed by atoms with Crippen molar-refractivity contribution in [3.63, 3.8) is 0 Å². The molecule has 1 saturated heterocycles. The number of carbonyl (C=O) groups excluding carboxylic acids is 1. The van der Waals surface area contributed by atoms with E-state index in [1.54, 1.807) is 6.08 Å². The van der Waals surface area contributed by atoms with Crippen LogP contribution in [0.2, 0.25) is 0 Å². The third-order valence-electron chi connectivity index (χ3n) is 3.89. The summed E-state index contributed by atoms with van der Waals surface area (Å²) in [6, 6.07) is 8.74. The van der Waals surface area contributed by atoms with Gasteiger partial charge in [0.05, 0.1) is 19.8 Å². The van der Waals surface area contributed by atoms with E-state index >= 15 is 0 Å². The maximum absolute atomic E-state index is 11.6. The molecule has 0 aromatic heterocycles. The third kappa shape index (κ3) is 5.35. The molecule has 0 saturated carbocycles. The van der Waals surface area contributed by atoms with Gasteiger partial charge in [-0.15, -0.1) is 6.58 Å². The molecule has 0 bridgehead atoms. The molecule has 1 fully saturated rings. The molecule has 1 heterocycles. The second kappa shape index (κ2) is 9.65. The minimum Gasteiger partial charge on any atom is -0.394 e. The summed E-state index contributed by atoms with van der Waals surface area (Å²) in [5, 5.41) is 22.7. The Morgan fingerprint density at radius 2 is 2.08 bits per heavy atom. The van der Waals surface area contributed by atoms with Crippen LogP contribution in [0, 0.1) is 0 Å². The predicted octanol–water partition coefficient (Wildman–Crippen LogP) is 0.357. The van der Waals surface area contributed by atoms with Crippen molar-refractivity contribution in [2.24, 2.45) is 0 Å². The van der Waals surface area contributed by atoms with E-state index in [9.17, 15) is 15.0 Å². The number of hydrogen-bond acceptors (Lipinski definition) is 6. The van der Waals surface area contributed by atoms with Gasteiger partial charge in [-0.2, -0.15) is 0 Å². The standard InChI is InChI=1S/C18H25NO6/c1-3-9-23-18-15(19-12(2)21)17(16(22)14(10-20)25-18)24-11-13-7-5-4-6-8-13/h3-8,14-18,20,22H,1,9-11H2,2H3,(H,19,21)/t14?,15?,16-,17?,18+/m0/s1. The summed E-state index contributed by atoms with van der Waals surface area (Å²) in [5.41, 5.74) is 0.923. The molecule has 1 aliphatic rings. The number of aliphatic hydroxyl groups is 2. The van der Waals surface area contributed by atoms with E-state index in [1.807, 2.05) is 30.3 Å². The fourth-order valence-corrected chi connectivity index (χ4v) is 2.73. The van der Waals surface area contributed by atoms with Crippen LogP contribution in [0.15, 0.2) is 43.0 Å². The number of carbonyl (C=O) groups is 1. The van der Waals surface area contributed by atoms with Crippen molar-refractivity contribution in [1.29, 1.82) is 0 Å². The first-order chi connectivity index (χ1) is 12.1. The normalized spacial score (nSPS) is 29.2. The number of hydrogen-bond donors (Lipinski definition) is 3. The van der Waals surface area contributed by atoms with Gasteiger partial charge in [0.15, 0.2) is 6.29 Å². The largest absolute Gasteiger partial charge is 0.394 e. The lowest BCUT2D eigenvalue weighted by atomic mass is 9.96. The molecule has 7 nitrogen and oxygen atoms in total. The first-order valence-corrected chi connectivity index (χ1v) is 8.16. The monoisotopic (exact) mass is 351 g/mol. The highest BCUT2D eigenvalue weighted by molar-refractivity contribution is 5.73. The van der Waals surface area contributed by atoms with Gasteiger partial charge in [0.2, 0.25) is 5.91 Å². The van der Waals surface area contributed by atoms with E-state index in [2.05, 4.69) is 11.9 Å². The molecule has 3 N–H and O–H groups in total. The van der Waals surface area contributed by atoms with Crippen LogP contribution in [0.5, 0.6) is 0 Å². The van der Waals surface area contributed by atoms with E-state index in [-0.39, 0.29) is 19.1 Å². The van der Waals surface area contributed by atoms with Gasteiger partial charge in [-0.05, 0) is 5.56 Å². The summed E-state index contributed by atoms with van der Waals surface area (Å²) < 4.78 is 17.0. The van der Waals surface area contributed by atoms with Gasteiger partial charge >= 0.3 is 0 Å². The zero-order valence-corrected chi connectivity index (χ0v) is 14.2. The van der Waals surface area contributed by atoms with Gasteiger partial charge in [0.25, 0.3) is 0 Å². The molecule has 1 aromatic rings. The van der Waals surface area contributed by atoms with Crippen LogP contribution in [0.3, 0.4) is 0 Å². The number of benzene rings is 1. The van der Waals surface area contributed by atoms with Crippen molar-refractivity contribution in [3.8, 4) is 0 Å². The smallest absolute Gasteiger partial charge is 0.217 e. The van der Waals surface area contributed by atoms with Crippen molar-refractivity contribution in [3.05, 3.63) is 48.6 Å². The molecular formula is C18H25NO6. The molecule has 5 atom stereocenters. The lowest BCUT2D eigenvalue weighted by Crippen LogP contribution is -2.65. The van der Waals surface area contributed by atoms with Gasteiger partial charge in [-0.1, -0.05) is 36.4 Å². The summed E-state index contributed by atoms with van der Waals surface area (Å²) in [4.78, 5) is 11.6. The number of amides is 1. The first kappa shape index (κ1) is 19.6. The highest BCUT2D eigenvalue weighted by Gasteiger charge is 2.46. The maximum Gasteiger partial charge on any atom is 0.217 e. The van der Waals surface area contributed by atoms with Gasteiger partial charge in [-0.25, -0.2) is 0 Å². The van der Waals surface area contributed by atoms with Crippen LogP contribution >= 0.6 is 0 Å². The second-order valence-electron chi connectivity index (χ2n) is 5.83. The van der Waals surface area contributed by atoms with Crippen LogP contribution in [0.25, 0.3) is 0 Å². The Morgan fingerprint density at radius 1 is 1.36 bits per heavy atom. The topological polar surface area (TPSA) is 97.2 Å². The molecule has 1 aromatic carbocycles.